The highest BCUT2D eigenvalue weighted by Crippen LogP contribution is 2.24. The van der Waals surface area contributed by atoms with Crippen molar-refractivity contribution in [3.8, 4) is 10.6 Å². The molecule has 3 rings (SSSR count). The van der Waals surface area contributed by atoms with Gasteiger partial charge >= 0.3 is 0 Å². The van der Waals surface area contributed by atoms with Crippen LogP contribution in [0, 0.1) is 0 Å². The Labute approximate surface area is 175 Å². The van der Waals surface area contributed by atoms with E-state index < -0.39 is 10.0 Å². The molecule has 0 radical (unpaired) electrons. The molecule has 3 aromatic rings. The number of sulfonamides is 1. The minimum Gasteiger partial charge on any atom is -0.326 e. The SMILES string of the molecule is CC(C)N(C)S(=O)(=O)c1ccc(NC(=O)Cc2csc(-c3ccccc3)n2)cc1. The van der Waals surface area contributed by atoms with Crippen LogP contribution in [0.25, 0.3) is 10.6 Å². The Bertz CT molecular complexity index is 1080. The van der Waals surface area contributed by atoms with Gasteiger partial charge in [0.05, 0.1) is 17.0 Å². The largest absolute Gasteiger partial charge is 0.326 e. The maximum Gasteiger partial charge on any atom is 0.243 e. The Hall–Kier alpha value is -2.55. The summed E-state index contributed by atoms with van der Waals surface area (Å²) in [6, 6.07) is 15.9. The zero-order valence-corrected chi connectivity index (χ0v) is 18.1. The van der Waals surface area contributed by atoms with E-state index in [-0.39, 0.29) is 23.3 Å². The Morgan fingerprint density at radius 3 is 2.38 bits per heavy atom. The smallest absolute Gasteiger partial charge is 0.243 e. The van der Waals surface area contributed by atoms with Crippen LogP contribution in [-0.2, 0) is 21.2 Å². The van der Waals surface area contributed by atoms with Gasteiger partial charge in [-0.05, 0) is 38.1 Å². The van der Waals surface area contributed by atoms with E-state index in [9.17, 15) is 13.2 Å². The quantitative estimate of drug-likeness (QED) is 0.615. The molecule has 1 N–H and O–H groups in total. The Morgan fingerprint density at radius 2 is 1.76 bits per heavy atom. The summed E-state index contributed by atoms with van der Waals surface area (Å²) in [7, 11) is -1.99. The molecular formula is C21H23N3O3S2. The molecular weight excluding hydrogens is 406 g/mol. The molecule has 1 aromatic heterocycles. The molecule has 1 amide bonds. The van der Waals surface area contributed by atoms with Crippen LogP contribution in [0.3, 0.4) is 0 Å². The summed E-state index contributed by atoms with van der Waals surface area (Å²) in [5.41, 5.74) is 2.26. The van der Waals surface area contributed by atoms with Gasteiger partial charge in [0, 0.05) is 29.7 Å². The maximum atomic E-state index is 12.5. The summed E-state index contributed by atoms with van der Waals surface area (Å²) in [5.74, 6) is -0.204. The van der Waals surface area contributed by atoms with Gasteiger partial charge in [0.1, 0.15) is 5.01 Å². The van der Waals surface area contributed by atoms with E-state index in [1.165, 1.54) is 27.8 Å². The molecule has 0 fully saturated rings. The van der Waals surface area contributed by atoms with E-state index in [0.717, 1.165) is 10.6 Å². The standard InChI is InChI=1S/C21H23N3O3S2/c1-15(2)24(3)29(26,27)19-11-9-17(10-12-19)22-20(25)13-18-14-28-21(23-18)16-7-5-4-6-8-16/h4-12,14-15H,13H2,1-3H3,(H,22,25). The number of aromatic nitrogens is 1. The second-order valence-corrected chi connectivity index (χ2v) is 9.73. The predicted molar refractivity (Wildman–Crippen MR) is 116 cm³/mol. The molecule has 0 aliphatic rings. The van der Waals surface area contributed by atoms with E-state index >= 15 is 0 Å². The first-order chi connectivity index (χ1) is 13.8. The first-order valence-electron chi connectivity index (χ1n) is 9.15. The molecule has 0 saturated heterocycles. The number of nitrogens with zero attached hydrogens (tertiary/aromatic N) is 2. The van der Waals surface area contributed by atoms with E-state index in [4.69, 9.17) is 0 Å². The monoisotopic (exact) mass is 429 g/mol. The van der Waals surface area contributed by atoms with Crippen molar-refractivity contribution in [3.05, 3.63) is 65.7 Å². The van der Waals surface area contributed by atoms with Crippen LogP contribution in [0.5, 0.6) is 0 Å². The van der Waals surface area contributed by atoms with Gasteiger partial charge in [-0.1, -0.05) is 30.3 Å². The van der Waals surface area contributed by atoms with Crippen molar-refractivity contribution in [2.24, 2.45) is 0 Å². The summed E-state index contributed by atoms with van der Waals surface area (Å²) in [4.78, 5) is 17.0. The van der Waals surface area contributed by atoms with Crippen LogP contribution in [0.1, 0.15) is 19.5 Å². The molecule has 0 atom stereocenters. The van der Waals surface area contributed by atoms with Crippen LogP contribution in [-0.4, -0.2) is 36.7 Å². The van der Waals surface area contributed by atoms with Crippen molar-refractivity contribution in [3.63, 3.8) is 0 Å². The molecule has 1 heterocycles. The summed E-state index contributed by atoms with van der Waals surface area (Å²) in [6.07, 6.45) is 0.152. The lowest BCUT2D eigenvalue weighted by molar-refractivity contribution is -0.115. The summed E-state index contributed by atoms with van der Waals surface area (Å²) in [5, 5.41) is 5.53. The average molecular weight is 430 g/mol. The number of thiazole rings is 1. The highest BCUT2D eigenvalue weighted by Gasteiger charge is 2.22. The number of carbonyl (C=O) groups is 1. The van der Waals surface area contributed by atoms with Crippen LogP contribution < -0.4 is 5.32 Å². The molecule has 2 aromatic carbocycles. The average Bonchev–Trinajstić information content (AvgIpc) is 3.16. The minimum absolute atomic E-state index is 0.140. The van der Waals surface area contributed by atoms with Crippen molar-refractivity contribution >= 4 is 33.0 Å². The molecule has 0 bridgehead atoms. The Morgan fingerprint density at radius 1 is 1.10 bits per heavy atom. The topological polar surface area (TPSA) is 79.4 Å². The Kier molecular flexibility index (Phi) is 6.46. The summed E-state index contributed by atoms with van der Waals surface area (Å²) >= 11 is 1.50. The third-order valence-corrected chi connectivity index (χ3v) is 7.44. The third-order valence-electron chi connectivity index (χ3n) is 4.46. The molecule has 6 nitrogen and oxygen atoms in total. The molecule has 0 aliphatic heterocycles. The number of anilines is 1. The van der Waals surface area contributed by atoms with Crippen LogP contribution in [0.2, 0.25) is 0 Å². The molecule has 8 heteroatoms. The van der Waals surface area contributed by atoms with Crippen molar-refractivity contribution in [1.82, 2.24) is 9.29 Å². The van der Waals surface area contributed by atoms with Gasteiger partial charge in [-0.3, -0.25) is 4.79 Å². The molecule has 0 aliphatic carbocycles. The number of amides is 1. The van der Waals surface area contributed by atoms with Gasteiger partial charge in [-0.25, -0.2) is 13.4 Å². The molecule has 0 saturated carbocycles. The van der Waals surface area contributed by atoms with Crippen LogP contribution >= 0.6 is 11.3 Å². The van der Waals surface area contributed by atoms with Crippen molar-refractivity contribution in [2.45, 2.75) is 31.2 Å². The predicted octanol–water partition coefficient (Wildman–Crippen LogP) is 4.02. The second kappa shape index (κ2) is 8.86. The summed E-state index contributed by atoms with van der Waals surface area (Å²) in [6.45, 7) is 3.63. The van der Waals surface area contributed by atoms with E-state index in [0.29, 0.717) is 11.4 Å². The van der Waals surface area contributed by atoms with E-state index in [2.05, 4.69) is 10.3 Å². The third kappa shape index (κ3) is 5.09. The normalized spacial score (nSPS) is 11.8. The lowest BCUT2D eigenvalue weighted by atomic mass is 10.2. The zero-order valence-electron chi connectivity index (χ0n) is 16.5. The number of rotatable bonds is 7. The fourth-order valence-electron chi connectivity index (χ4n) is 2.63. The van der Waals surface area contributed by atoms with E-state index in [1.54, 1.807) is 19.2 Å². The molecule has 29 heavy (non-hydrogen) atoms. The van der Waals surface area contributed by atoms with Crippen molar-refractivity contribution in [1.29, 1.82) is 0 Å². The number of nitrogens with one attached hydrogen (secondary N) is 1. The lowest BCUT2D eigenvalue weighted by Gasteiger charge is -2.21. The van der Waals surface area contributed by atoms with Crippen LogP contribution in [0.15, 0.2) is 64.9 Å². The van der Waals surface area contributed by atoms with Gasteiger partial charge in [0.25, 0.3) is 0 Å². The van der Waals surface area contributed by atoms with E-state index in [1.807, 2.05) is 49.6 Å². The first-order valence-corrected chi connectivity index (χ1v) is 11.5. The first kappa shape index (κ1) is 21.2. The van der Waals surface area contributed by atoms with Crippen molar-refractivity contribution < 1.29 is 13.2 Å². The molecule has 0 spiro atoms. The van der Waals surface area contributed by atoms with Crippen molar-refractivity contribution in [2.75, 3.05) is 12.4 Å². The minimum atomic E-state index is -3.54. The van der Waals surface area contributed by atoms with Gasteiger partial charge in [0.2, 0.25) is 15.9 Å². The van der Waals surface area contributed by atoms with Gasteiger partial charge < -0.3 is 5.32 Å². The van der Waals surface area contributed by atoms with Crippen LogP contribution in [0.4, 0.5) is 5.69 Å². The molecule has 0 unspecified atom stereocenters. The summed E-state index contributed by atoms with van der Waals surface area (Å²) < 4.78 is 26.3. The number of benzene rings is 2. The number of carbonyl (C=O) groups excluding carboxylic acids is 1. The number of hydrogen-bond donors (Lipinski definition) is 1. The lowest BCUT2D eigenvalue weighted by Crippen LogP contribution is -2.33. The Balaban J connectivity index is 1.64. The van der Waals surface area contributed by atoms with Gasteiger partial charge in [0.15, 0.2) is 0 Å². The fraction of sp³-hybridized carbons (Fsp3) is 0.238. The second-order valence-electron chi connectivity index (χ2n) is 6.87. The molecule has 152 valence electrons. The van der Waals surface area contributed by atoms with Gasteiger partial charge in [-0.2, -0.15) is 4.31 Å². The van der Waals surface area contributed by atoms with Gasteiger partial charge in [-0.15, -0.1) is 11.3 Å². The number of hydrogen-bond acceptors (Lipinski definition) is 5. The highest BCUT2D eigenvalue weighted by molar-refractivity contribution is 7.89. The fourth-order valence-corrected chi connectivity index (χ4v) is 4.82. The zero-order chi connectivity index (χ0) is 21.0. The highest BCUT2D eigenvalue weighted by atomic mass is 32.2. The maximum absolute atomic E-state index is 12.5.